The molecule has 4 nitrogen and oxygen atoms in total. The van der Waals surface area contributed by atoms with Crippen molar-refractivity contribution in [3.8, 4) is 0 Å². The topological polar surface area (TPSA) is 43.6 Å². The molecule has 5 heteroatoms. The van der Waals surface area contributed by atoms with Crippen LogP contribution in [0.5, 0.6) is 0 Å². The first-order valence-corrected chi connectivity index (χ1v) is 8.69. The predicted octanol–water partition coefficient (Wildman–Crippen LogP) is 4.31. The Morgan fingerprint density at radius 1 is 1.29 bits per heavy atom. The molecule has 2 rings (SSSR count). The van der Waals surface area contributed by atoms with Crippen LogP contribution >= 0.6 is 11.3 Å². The smallest absolute Gasteiger partial charge is 0.0931 e. The molecule has 0 aromatic carbocycles. The quantitative estimate of drug-likeness (QED) is 0.765. The molecule has 0 aliphatic heterocycles. The summed E-state index contributed by atoms with van der Waals surface area (Å²) in [6, 6.07) is 0. The molecule has 21 heavy (non-hydrogen) atoms. The fourth-order valence-electron chi connectivity index (χ4n) is 2.44. The molecular weight excluding hydrogens is 280 g/mol. The zero-order chi connectivity index (χ0) is 15.4. The molecule has 0 saturated heterocycles. The second kappa shape index (κ2) is 7.16. The van der Waals surface area contributed by atoms with Crippen molar-refractivity contribution < 1.29 is 0 Å². The lowest BCUT2D eigenvalue weighted by Gasteiger charge is -2.06. The highest BCUT2D eigenvalue weighted by molar-refractivity contribution is 7.11. The highest BCUT2D eigenvalue weighted by Crippen LogP contribution is 2.28. The van der Waals surface area contributed by atoms with E-state index in [4.69, 9.17) is 4.98 Å². The summed E-state index contributed by atoms with van der Waals surface area (Å²) in [4.78, 5) is 7.93. The standard InChI is InChI=1S/C16H26N4S/c1-6-9-20-17-10-14(19-20)12(4)7-8-15-18-13(5)16(21-15)11(2)3/h10-12H,6-9H2,1-5H3. The second-order valence-electron chi connectivity index (χ2n) is 6.02. The van der Waals surface area contributed by atoms with Gasteiger partial charge in [-0.05, 0) is 32.1 Å². The van der Waals surface area contributed by atoms with Gasteiger partial charge in [-0.15, -0.1) is 11.3 Å². The number of hydrogen-bond acceptors (Lipinski definition) is 4. The van der Waals surface area contributed by atoms with Crippen LogP contribution in [0.4, 0.5) is 0 Å². The van der Waals surface area contributed by atoms with E-state index < -0.39 is 0 Å². The van der Waals surface area contributed by atoms with Crippen LogP contribution in [0.1, 0.15) is 73.6 Å². The summed E-state index contributed by atoms with van der Waals surface area (Å²) < 4.78 is 0. The zero-order valence-corrected chi connectivity index (χ0v) is 14.6. The maximum Gasteiger partial charge on any atom is 0.0931 e. The zero-order valence-electron chi connectivity index (χ0n) is 13.8. The molecule has 0 radical (unpaired) electrons. The average molecular weight is 306 g/mol. The summed E-state index contributed by atoms with van der Waals surface area (Å²) in [6.07, 6.45) is 5.08. The SMILES string of the molecule is CCCn1ncc(C(C)CCc2nc(C)c(C(C)C)s2)n1. The van der Waals surface area contributed by atoms with Crippen LogP contribution in [0.2, 0.25) is 0 Å². The third-order valence-electron chi connectivity index (χ3n) is 3.68. The summed E-state index contributed by atoms with van der Waals surface area (Å²) in [6.45, 7) is 11.9. The monoisotopic (exact) mass is 306 g/mol. The number of thiazole rings is 1. The molecule has 0 aliphatic rings. The molecule has 2 aromatic rings. The molecule has 1 atom stereocenters. The van der Waals surface area contributed by atoms with Crippen molar-refractivity contribution >= 4 is 11.3 Å². The van der Waals surface area contributed by atoms with E-state index in [1.807, 2.05) is 17.5 Å². The summed E-state index contributed by atoms with van der Waals surface area (Å²) >= 11 is 1.87. The third kappa shape index (κ3) is 4.13. The largest absolute Gasteiger partial charge is 0.246 e. The van der Waals surface area contributed by atoms with Gasteiger partial charge >= 0.3 is 0 Å². The second-order valence-corrected chi connectivity index (χ2v) is 7.13. The molecule has 0 fully saturated rings. The average Bonchev–Trinajstić information content (AvgIpc) is 3.03. The van der Waals surface area contributed by atoms with Crippen LogP contribution in [0, 0.1) is 6.92 Å². The lowest BCUT2D eigenvalue weighted by Crippen LogP contribution is -2.03. The van der Waals surface area contributed by atoms with Gasteiger partial charge in [0.1, 0.15) is 0 Å². The maximum absolute atomic E-state index is 4.71. The highest BCUT2D eigenvalue weighted by atomic mass is 32.1. The molecule has 0 bridgehead atoms. The van der Waals surface area contributed by atoms with Gasteiger partial charge in [0.15, 0.2) is 0 Å². The van der Waals surface area contributed by atoms with E-state index in [1.165, 1.54) is 15.6 Å². The fraction of sp³-hybridized carbons (Fsp3) is 0.688. The first-order chi connectivity index (χ1) is 10.0. The van der Waals surface area contributed by atoms with Gasteiger partial charge in [0.05, 0.1) is 29.1 Å². The van der Waals surface area contributed by atoms with Gasteiger partial charge in [0, 0.05) is 10.8 Å². The van der Waals surface area contributed by atoms with E-state index >= 15 is 0 Å². The van der Waals surface area contributed by atoms with Crippen LogP contribution in [0.15, 0.2) is 6.20 Å². The Balaban J connectivity index is 1.93. The van der Waals surface area contributed by atoms with Crippen molar-refractivity contribution in [1.29, 1.82) is 0 Å². The molecule has 0 amide bonds. The summed E-state index contributed by atoms with van der Waals surface area (Å²) in [5, 5.41) is 10.1. The normalized spacial score (nSPS) is 13.0. The van der Waals surface area contributed by atoms with E-state index in [0.29, 0.717) is 11.8 Å². The number of hydrogen-bond donors (Lipinski definition) is 0. The van der Waals surface area contributed by atoms with Crippen molar-refractivity contribution in [1.82, 2.24) is 20.0 Å². The minimum absolute atomic E-state index is 0.433. The number of nitrogens with zero attached hydrogens (tertiary/aromatic N) is 4. The van der Waals surface area contributed by atoms with Crippen LogP contribution in [-0.4, -0.2) is 20.0 Å². The van der Waals surface area contributed by atoms with E-state index in [9.17, 15) is 0 Å². The van der Waals surface area contributed by atoms with E-state index in [-0.39, 0.29) is 0 Å². The van der Waals surface area contributed by atoms with Gasteiger partial charge in [-0.25, -0.2) is 4.98 Å². The molecule has 1 unspecified atom stereocenters. The number of aryl methyl sites for hydroxylation is 3. The summed E-state index contributed by atoms with van der Waals surface area (Å²) in [5.41, 5.74) is 2.30. The van der Waals surface area contributed by atoms with E-state index in [1.54, 1.807) is 4.80 Å². The van der Waals surface area contributed by atoms with Crippen LogP contribution in [0.3, 0.4) is 0 Å². The van der Waals surface area contributed by atoms with Gasteiger partial charge in [-0.1, -0.05) is 27.7 Å². The Morgan fingerprint density at radius 3 is 2.67 bits per heavy atom. The Kier molecular flexibility index (Phi) is 5.51. The Labute approximate surface area is 131 Å². The Hall–Kier alpha value is -1.23. The minimum atomic E-state index is 0.433. The van der Waals surface area contributed by atoms with Gasteiger partial charge in [-0.3, -0.25) is 0 Å². The van der Waals surface area contributed by atoms with E-state index in [2.05, 4.69) is 44.8 Å². The van der Waals surface area contributed by atoms with Crippen LogP contribution in [-0.2, 0) is 13.0 Å². The van der Waals surface area contributed by atoms with Crippen molar-refractivity contribution in [3.05, 3.63) is 27.5 Å². The lowest BCUT2D eigenvalue weighted by molar-refractivity contribution is 0.516. The van der Waals surface area contributed by atoms with Crippen LogP contribution in [0.25, 0.3) is 0 Å². The highest BCUT2D eigenvalue weighted by Gasteiger charge is 2.14. The van der Waals surface area contributed by atoms with Crippen LogP contribution < -0.4 is 0 Å². The number of aromatic nitrogens is 4. The molecule has 116 valence electrons. The van der Waals surface area contributed by atoms with Gasteiger partial charge in [0.2, 0.25) is 0 Å². The molecular formula is C16H26N4S. The predicted molar refractivity (Wildman–Crippen MR) is 88.0 cm³/mol. The number of rotatable bonds is 7. The van der Waals surface area contributed by atoms with Gasteiger partial charge in [0.25, 0.3) is 0 Å². The summed E-state index contributed by atoms with van der Waals surface area (Å²) in [5.74, 6) is 1.00. The molecule has 0 spiro atoms. The Morgan fingerprint density at radius 2 is 2.05 bits per heavy atom. The molecule has 0 saturated carbocycles. The molecule has 2 aromatic heterocycles. The Bertz CT molecular complexity index is 571. The fourth-order valence-corrected chi connectivity index (χ4v) is 3.53. The molecule has 0 N–H and O–H groups in total. The van der Waals surface area contributed by atoms with Crippen molar-refractivity contribution in [2.75, 3.05) is 0 Å². The first kappa shape index (κ1) is 16.1. The van der Waals surface area contributed by atoms with Crippen molar-refractivity contribution in [2.45, 2.75) is 72.3 Å². The van der Waals surface area contributed by atoms with Gasteiger partial charge in [-0.2, -0.15) is 15.0 Å². The maximum atomic E-state index is 4.71. The lowest BCUT2D eigenvalue weighted by atomic mass is 10.0. The molecule has 0 aliphatic carbocycles. The third-order valence-corrected chi connectivity index (χ3v) is 5.19. The first-order valence-electron chi connectivity index (χ1n) is 7.87. The summed E-state index contributed by atoms with van der Waals surface area (Å²) in [7, 11) is 0. The molecule has 2 heterocycles. The van der Waals surface area contributed by atoms with Gasteiger partial charge < -0.3 is 0 Å². The van der Waals surface area contributed by atoms with Crippen molar-refractivity contribution in [3.63, 3.8) is 0 Å². The van der Waals surface area contributed by atoms with E-state index in [0.717, 1.165) is 31.5 Å². The van der Waals surface area contributed by atoms with Crippen molar-refractivity contribution in [2.24, 2.45) is 0 Å². The minimum Gasteiger partial charge on any atom is -0.246 e.